The maximum Gasteiger partial charge on any atom is 0.260 e. The second-order valence-electron chi connectivity index (χ2n) is 14.8. The molecule has 2 saturated heterocycles. The van der Waals surface area contributed by atoms with E-state index in [1.54, 1.807) is 48.5 Å². The summed E-state index contributed by atoms with van der Waals surface area (Å²) in [4.78, 5) is 60.4. The highest BCUT2D eigenvalue weighted by Crippen LogP contribution is 2.65. The minimum absolute atomic E-state index is 0.0575. The van der Waals surface area contributed by atoms with Crippen LogP contribution in [-0.4, -0.2) is 40.9 Å². The number of ether oxygens (including phenoxy) is 1. The number of anilines is 4. The first-order chi connectivity index (χ1) is 27.6. The lowest BCUT2D eigenvalue weighted by molar-refractivity contribution is -0.138. The van der Waals surface area contributed by atoms with Crippen LogP contribution in [0.25, 0.3) is 0 Å². The zero-order valence-electron chi connectivity index (χ0n) is 30.6. The molecule has 2 aliphatic carbocycles. The third kappa shape index (κ3) is 5.75. The van der Waals surface area contributed by atoms with Gasteiger partial charge in [-0.3, -0.25) is 29.5 Å². The van der Waals surface area contributed by atoms with E-state index in [4.69, 9.17) is 16.3 Å². The van der Waals surface area contributed by atoms with Crippen LogP contribution in [0.1, 0.15) is 29.9 Å². The zero-order valence-corrected chi connectivity index (χ0v) is 31.3. The van der Waals surface area contributed by atoms with Crippen molar-refractivity contribution in [2.45, 2.75) is 24.2 Å². The van der Waals surface area contributed by atoms with E-state index >= 15 is 4.79 Å². The number of rotatable bonds is 8. The molecule has 0 spiro atoms. The van der Waals surface area contributed by atoms with E-state index in [9.17, 15) is 23.9 Å². The van der Waals surface area contributed by atoms with Crippen LogP contribution in [0.3, 0.4) is 0 Å². The standard InChI is InChI=1S/C45H36ClFN4O6/c1-57-32-19-20-34(38(52)23-32)40-33-21-22-35-39(43(55)50(41(35)53)31-17-15-29(16-18-31)48-28-5-3-2-4-6-28)36(33)24-37-42(54)51(49-30-13-11-27(47)12-14-30)44(56)45(37,40)25-7-9-26(46)10-8-25/h2-21,23,35-37,39-40,48-49,52H,22,24H2,1H3. The topological polar surface area (TPSA) is 128 Å². The fourth-order valence-corrected chi connectivity index (χ4v) is 9.66. The largest absolute Gasteiger partial charge is 0.508 e. The molecular formula is C45H36ClFN4O6. The Balaban J connectivity index is 1.16. The van der Waals surface area contributed by atoms with E-state index in [1.165, 1.54) is 42.3 Å². The number of benzene rings is 5. The summed E-state index contributed by atoms with van der Waals surface area (Å²) in [6, 6.07) is 33.5. The summed E-state index contributed by atoms with van der Waals surface area (Å²) in [7, 11) is 1.47. The highest BCUT2D eigenvalue weighted by atomic mass is 35.5. The number of hydrogen-bond donors (Lipinski definition) is 3. The molecule has 0 aromatic heterocycles. The first kappa shape index (κ1) is 36.2. The van der Waals surface area contributed by atoms with Crippen LogP contribution in [0.2, 0.25) is 5.02 Å². The molecule has 57 heavy (non-hydrogen) atoms. The molecule has 9 rings (SSSR count). The van der Waals surface area contributed by atoms with Crippen LogP contribution in [0.5, 0.6) is 11.5 Å². The summed E-state index contributed by atoms with van der Waals surface area (Å²) >= 11 is 6.38. The Morgan fingerprint density at radius 3 is 2.16 bits per heavy atom. The first-order valence-corrected chi connectivity index (χ1v) is 19.0. The number of methoxy groups -OCH3 is 1. The van der Waals surface area contributed by atoms with Gasteiger partial charge in [0.1, 0.15) is 17.3 Å². The molecule has 4 aliphatic rings. The Kier molecular flexibility index (Phi) is 8.85. The number of imide groups is 2. The second-order valence-corrected chi connectivity index (χ2v) is 15.3. The van der Waals surface area contributed by atoms with Gasteiger partial charge in [0.25, 0.3) is 11.8 Å². The van der Waals surface area contributed by atoms with Crippen molar-refractivity contribution in [3.63, 3.8) is 0 Å². The number of hydrazine groups is 1. The van der Waals surface area contributed by atoms with Crippen LogP contribution >= 0.6 is 11.6 Å². The van der Waals surface area contributed by atoms with Crippen LogP contribution in [0, 0.1) is 29.5 Å². The smallest absolute Gasteiger partial charge is 0.260 e. The number of hydrogen-bond acceptors (Lipinski definition) is 8. The number of amides is 4. The molecule has 5 aromatic carbocycles. The summed E-state index contributed by atoms with van der Waals surface area (Å²) < 4.78 is 19.3. The molecule has 2 heterocycles. The lowest BCUT2D eigenvalue weighted by atomic mass is 9.49. The molecule has 3 fully saturated rings. The number of allylic oxidation sites excluding steroid dienone is 2. The Labute approximate surface area is 332 Å². The van der Waals surface area contributed by atoms with Crippen molar-refractivity contribution in [3.05, 3.63) is 155 Å². The fourth-order valence-electron chi connectivity index (χ4n) is 9.53. The van der Waals surface area contributed by atoms with Crippen LogP contribution in [-0.2, 0) is 24.6 Å². The van der Waals surface area contributed by atoms with Crippen molar-refractivity contribution in [2.75, 3.05) is 22.8 Å². The van der Waals surface area contributed by atoms with E-state index in [2.05, 4.69) is 10.7 Å². The molecule has 5 aromatic rings. The van der Waals surface area contributed by atoms with E-state index in [-0.39, 0.29) is 30.4 Å². The number of fused-ring (bicyclic) bond motifs is 4. The van der Waals surface area contributed by atoms with E-state index in [1.807, 2.05) is 48.5 Å². The van der Waals surface area contributed by atoms with Gasteiger partial charge < -0.3 is 15.2 Å². The van der Waals surface area contributed by atoms with E-state index in [0.717, 1.165) is 16.4 Å². The number of nitrogens with zero attached hydrogens (tertiary/aromatic N) is 2. The van der Waals surface area contributed by atoms with Crippen molar-refractivity contribution < 1.29 is 33.4 Å². The lowest BCUT2D eigenvalue weighted by Crippen LogP contribution is -2.53. The van der Waals surface area contributed by atoms with Crippen molar-refractivity contribution in [2.24, 2.45) is 23.7 Å². The van der Waals surface area contributed by atoms with Crippen molar-refractivity contribution in [3.8, 4) is 11.5 Å². The summed E-state index contributed by atoms with van der Waals surface area (Å²) in [6.07, 6.45) is 2.19. The third-order valence-electron chi connectivity index (χ3n) is 12.0. The molecule has 4 amide bonds. The van der Waals surface area contributed by atoms with Gasteiger partial charge in [0.2, 0.25) is 11.8 Å². The molecule has 2 aliphatic heterocycles. The van der Waals surface area contributed by atoms with Crippen molar-refractivity contribution >= 4 is 58.0 Å². The van der Waals surface area contributed by atoms with Crippen molar-refractivity contribution in [1.82, 2.24) is 5.01 Å². The van der Waals surface area contributed by atoms with Crippen LogP contribution in [0.4, 0.5) is 27.1 Å². The number of carbonyl (C=O) groups excluding carboxylic acids is 4. The second kappa shape index (κ2) is 13.9. The zero-order chi connectivity index (χ0) is 39.6. The van der Waals surface area contributed by atoms with Gasteiger partial charge in [0.05, 0.1) is 41.7 Å². The van der Waals surface area contributed by atoms with Crippen molar-refractivity contribution in [1.29, 1.82) is 0 Å². The Morgan fingerprint density at radius 1 is 0.789 bits per heavy atom. The van der Waals surface area contributed by atoms with Crippen LogP contribution in [0.15, 0.2) is 133 Å². The van der Waals surface area contributed by atoms with Gasteiger partial charge in [-0.15, -0.1) is 0 Å². The average Bonchev–Trinajstić information content (AvgIpc) is 3.60. The van der Waals surface area contributed by atoms with Gasteiger partial charge >= 0.3 is 0 Å². The number of aromatic hydroxyl groups is 1. The number of carbonyl (C=O) groups is 4. The first-order valence-electron chi connectivity index (χ1n) is 18.6. The molecule has 6 atom stereocenters. The number of nitrogens with one attached hydrogen (secondary N) is 2. The number of para-hydroxylation sites is 1. The Morgan fingerprint density at radius 2 is 1.47 bits per heavy atom. The van der Waals surface area contributed by atoms with Gasteiger partial charge in [-0.25, -0.2) is 4.39 Å². The molecule has 10 nitrogen and oxygen atoms in total. The molecule has 0 bridgehead atoms. The minimum atomic E-state index is -1.64. The number of halogens is 2. The Bertz CT molecular complexity index is 2460. The molecule has 6 unspecified atom stereocenters. The van der Waals surface area contributed by atoms with Gasteiger partial charge in [0, 0.05) is 33.9 Å². The maximum absolute atomic E-state index is 15.3. The SMILES string of the molecule is COc1ccc(C2C3=CCC4C(=O)N(c5ccc(Nc6ccccc6)cc5)C(=O)C4C3CC3C(=O)N(Nc4ccc(F)cc4)C(=O)C32c2ccc(Cl)cc2)c(O)c1. The summed E-state index contributed by atoms with van der Waals surface area (Å²) in [6.45, 7) is 0. The third-order valence-corrected chi connectivity index (χ3v) is 12.2. The van der Waals surface area contributed by atoms with E-state index in [0.29, 0.717) is 38.8 Å². The van der Waals surface area contributed by atoms with Gasteiger partial charge in [0.15, 0.2) is 0 Å². The normalized spacial score (nSPS) is 25.1. The average molecular weight is 783 g/mol. The predicted molar refractivity (Wildman–Crippen MR) is 212 cm³/mol. The lowest BCUT2D eigenvalue weighted by Gasteiger charge is -2.50. The minimum Gasteiger partial charge on any atom is -0.508 e. The van der Waals surface area contributed by atoms with Gasteiger partial charge in [-0.05, 0) is 103 Å². The van der Waals surface area contributed by atoms with E-state index < -0.39 is 52.6 Å². The highest BCUT2D eigenvalue weighted by molar-refractivity contribution is 6.30. The summed E-state index contributed by atoms with van der Waals surface area (Å²) in [5.41, 5.74) is 5.21. The van der Waals surface area contributed by atoms with Crippen LogP contribution < -0.4 is 20.4 Å². The molecule has 3 N–H and O–H groups in total. The quantitative estimate of drug-likeness (QED) is 0.106. The molecule has 12 heteroatoms. The fraction of sp³-hybridized carbons (Fsp3) is 0.200. The summed E-state index contributed by atoms with van der Waals surface area (Å²) in [5, 5.41) is 16.4. The molecule has 286 valence electrons. The number of phenolic OH excluding ortho intramolecular Hbond substituents is 1. The monoisotopic (exact) mass is 782 g/mol. The molecule has 0 radical (unpaired) electrons. The molecule has 1 saturated carbocycles. The predicted octanol–water partition coefficient (Wildman–Crippen LogP) is 8.13. The van der Waals surface area contributed by atoms with Gasteiger partial charge in [-0.2, -0.15) is 5.01 Å². The Hall–Kier alpha value is -6.46. The maximum atomic E-state index is 15.3. The highest BCUT2D eigenvalue weighted by Gasteiger charge is 2.70. The summed E-state index contributed by atoms with van der Waals surface area (Å²) in [5.74, 6) is -6.38. The molecular weight excluding hydrogens is 747 g/mol. The number of phenols is 1. The van der Waals surface area contributed by atoms with Gasteiger partial charge in [-0.1, -0.05) is 59.6 Å².